The van der Waals surface area contributed by atoms with Crippen molar-refractivity contribution in [3.63, 3.8) is 0 Å². The molecule has 3 aromatic carbocycles. The molecule has 4 rings (SSSR count). The summed E-state index contributed by atoms with van der Waals surface area (Å²) in [6.07, 6.45) is 1.83. The molecule has 0 spiro atoms. The van der Waals surface area contributed by atoms with Crippen LogP contribution in [0.2, 0.25) is 0 Å². The smallest absolute Gasteiger partial charge is 0.128 e. The summed E-state index contributed by atoms with van der Waals surface area (Å²) in [6.45, 7) is 0. The Bertz CT molecular complexity index is 1030. The van der Waals surface area contributed by atoms with Gasteiger partial charge in [0.15, 0.2) is 0 Å². The van der Waals surface area contributed by atoms with Gasteiger partial charge >= 0.3 is 0 Å². The maximum Gasteiger partial charge on any atom is 0.128 e. The normalized spacial score (nSPS) is 11.5. The number of nitrogens with zero attached hydrogens (tertiary/aromatic N) is 2. The number of rotatable bonds is 4. The Labute approximate surface area is 156 Å². The first kappa shape index (κ1) is 16.4. The lowest BCUT2D eigenvalue weighted by molar-refractivity contribution is 1.34. The van der Waals surface area contributed by atoms with Crippen LogP contribution in [0.15, 0.2) is 107 Å². The molecular weight excluding hydrogens is 338 g/mol. The van der Waals surface area contributed by atoms with Crippen molar-refractivity contribution in [2.24, 2.45) is 5.10 Å². The zero-order chi connectivity index (χ0) is 17.6. The molecule has 1 aromatic heterocycles. The Kier molecular flexibility index (Phi) is 4.94. The first-order chi connectivity index (χ1) is 12.9. The predicted octanol–water partition coefficient (Wildman–Crippen LogP) is 5.80. The second-order valence-electron chi connectivity index (χ2n) is 5.69. The zero-order valence-electron chi connectivity index (χ0n) is 14.0. The second-order valence-corrected chi connectivity index (χ2v) is 6.72. The van der Waals surface area contributed by atoms with E-state index in [2.05, 4.69) is 51.9 Å². The summed E-state index contributed by atoms with van der Waals surface area (Å²) in [4.78, 5) is 5.63. The number of pyridine rings is 1. The van der Waals surface area contributed by atoms with E-state index in [1.165, 1.54) is 0 Å². The average molecular weight is 355 g/mol. The van der Waals surface area contributed by atoms with Crippen LogP contribution in [0.4, 0.5) is 5.69 Å². The number of anilines is 1. The number of hydrogen-bond acceptors (Lipinski definition) is 4. The molecule has 0 fully saturated rings. The van der Waals surface area contributed by atoms with Gasteiger partial charge in [0, 0.05) is 22.0 Å². The fraction of sp³-hybridized carbons (Fsp3) is 0. The van der Waals surface area contributed by atoms with E-state index in [0.717, 1.165) is 32.1 Å². The second kappa shape index (κ2) is 7.85. The van der Waals surface area contributed by atoms with Crippen LogP contribution >= 0.6 is 11.8 Å². The number of benzene rings is 3. The van der Waals surface area contributed by atoms with Crippen molar-refractivity contribution in [2.75, 3.05) is 5.43 Å². The Balaban J connectivity index is 1.71. The van der Waals surface area contributed by atoms with Gasteiger partial charge in [-0.1, -0.05) is 78.5 Å². The minimum atomic E-state index is 0.896. The van der Waals surface area contributed by atoms with E-state index in [4.69, 9.17) is 0 Å². The predicted molar refractivity (Wildman–Crippen MR) is 111 cm³/mol. The molecule has 126 valence electrons. The van der Waals surface area contributed by atoms with Gasteiger partial charge in [0.25, 0.3) is 0 Å². The van der Waals surface area contributed by atoms with E-state index in [1.807, 2.05) is 60.8 Å². The molecule has 0 saturated carbocycles. The summed E-state index contributed by atoms with van der Waals surface area (Å²) < 4.78 is 0. The lowest BCUT2D eigenvalue weighted by atomic mass is 10.2. The molecule has 0 atom stereocenters. The first-order valence-electron chi connectivity index (χ1n) is 8.36. The number of thioether (sulfide) groups is 1. The molecule has 0 radical (unpaired) electrons. The first-order valence-corrected chi connectivity index (χ1v) is 9.17. The van der Waals surface area contributed by atoms with Crippen molar-refractivity contribution in [3.05, 3.63) is 103 Å². The maximum atomic E-state index is 4.67. The monoisotopic (exact) mass is 355 g/mol. The van der Waals surface area contributed by atoms with Crippen molar-refractivity contribution in [2.45, 2.75) is 4.90 Å². The summed E-state index contributed by atoms with van der Waals surface area (Å²) in [5.74, 6) is 0. The highest BCUT2D eigenvalue weighted by molar-refractivity contribution is 8.14. The van der Waals surface area contributed by atoms with Crippen molar-refractivity contribution in [3.8, 4) is 0 Å². The van der Waals surface area contributed by atoms with Gasteiger partial charge < -0.3 is 0 Å². The zero-order valence-corrected chi connectivity index (χ0v) is 14.9. The molecule has 3 nitrogen and oxygen atoms in total. The standard InChI is InChI=1S/C22H17N3S/c1-3-9-18(10-4-1)22(25-24-19-13-5-2-6-14-19)26-20-15-7-11-17-12-8-16-23-21(17)20/h1-16,24H. The summed E-state index contributed by atoms with van der Waals surface area (Å²) in [6, 6.07) is 30.4. The molecule has 0 unspecified atom stereocenters. The molecule has 1 N–H and O–H groups in total. The Morgan fingerprint density at radius 2 is 1.50 bits per heavy atom. The number of hydrazone groups is 1. The number of nitrogens with one attached hydrogen (secondary N) is 1. The Morgan fingerprint density at radius 1 is 0.769 bits per heavy atom. The number of hydrogen-bond donors (Lipinski definition) is 1. The quantitative estimate of drug-likeness (QED) is 0.217. The molecule has 0 bridgehead atoms. The SMILES string of the molecule is c1ccc(NN=C(Sc2cccc3cccnc23)c2ccccc2)cc1. The molecule has 4 aromatic rings. The molecule has 26 heavy (non-hydrogen) atoms. The van der Waals surface area contributed by atoms with Gasteiger partial charge in [0.05, 0.1) is 11.2 Å². The van der Waals surface area contributed by atoms with Crippen LogP contribution in [0.3, 0.4) is 0 Å². The maximum absolute atomic E-state index is 4.67. The fourth-order valence-electron chi connectivity index (χ4n) is 2.62. The highest BCUT2D eigenvalue weighted by Gasteiger charge is 2.10. The molecule has 0 saturated heterocycles. The fourth-order valence-corrected chi connectivity index (χ4v) is 3.59. The topological polar surface area (TPSA) is 37.3 Å². The van der Waals surface area contributed by atoms with Gasteiger partial charge in [-0.2, -0.15) is 5.10 Å². The number of aromatic nitrogens is 1. The number of para-hydroxylation sites is 2. The molecular formula is C22H17N3S. The minimum Gasteiger partial charge on any atom is -0.277 e. The molecule has 1 heterocycles. The highest BCUT2D eigenvalue weighted by atomic mass is 32.2. The van der Waals surface area contributed by atoms with E-state index >= 15 is 0 Å². The Morgan fingerprint density at radius 3 is 2.31 bits per heavy atom. The minimum absolute atomic E-state index is 0.896. The van der Waals surface area contributed by atoms with Crippen LogP contribution in [-0.4, -0.2) is 10.0 Å². The van der Waals surface area contributed by atoms with Gasteiger partial charge in [-0.05, 0) is 24.3 Å². The molecule has 0 aliphatic rings. The van der Waals surface area contributed by atoms with Crippen molar-refractivity contribution in [1.29, 1.82) is 0 Å². The third-order valence-corrected chi connectivity index (χ3v) is 4.95. The van der Waals surface area contributed by atoms with E-state index < -0.39 is 0 Å². The van der Waals surface area contributed by atoms with E-state index in [1.54, 1.807) is 11.8 Å². The Hall–Kier alpha value is -3.11. The van der Waals surface area contributed by atoms with Crippen LogP contribution < -0.4 is 5.43 Å². The lowest BCUT2D eigenvalue weighted by Gasteiger charge is -2.09. The largest absolute Gasteiger partial charge is 0.277 e. The molecule has 4 heteroatoms. The van der Waals surface area contributed by atoms with Gasteiger partial charge in [0.2, 0.25) is 0 Å². The van der Waals surface area contributed by atoms with Crippen LogP contribution in [0.25, 0.3) is 10.9 Å². The summed E-state index contributed by atoms with van der Waals surface area (Å²) >= 11 is 1.62. The highest BCUT2D eigenvalue weighted by Crippen LogP contribution is 2.29. The lowest BCUT2D eigenvalue weighted by Crippen LogP contribution is -2.00. The van der Waals surface area contributed by atoms with E-state index in [-0.39, 0.29) is 0 Å². The third-order valence-electron chi connectivity index (χ3n) is 3.88. The molecule has 0 aliphatic heterocycles. The summed E-state index contributed by atoms with van der Waals surface area (Å²) in [5.41, 5.74) is 6.17. The van der Waals surface area contributed by atoms with Crippen LogP contribution in [0.5, 0.6) is 0 Å². The molecule has 0 amide bonds. The van der Waals surface area contributed by atoms with E-state index in [0.29, 0.717) is 0 Å². The van der Waals surface area contributed by atoms with Crippen LogP contribution in [0.1, 0.15) is 5.56 Å². The van der Waals surface area contributed by atoms with Crippen molar-refractivity contribution >= 4 is 33.4 Å². The summed E-state index contributed by atoms with van der Waals surface area (Å²) in [7, 11) is 0. The third kappa shape index (κ3) is 3.76. The van der Waals surface area contributed by atoms with Gasteiger partial charge in [-0.25, -0.2) is 0 Å². The van der Waals surface area contributed by atoms with Crippen molar-refractivity contribution in [1.82, 2.24) is 4.98 Å². The van der Waals surface area contributed by atoms with Crippen LogP contribution in [0, 0.1) is 0 Å². The summed E-state index contributed by atoms with van der Waals surface area (Å²) in [5, 5.41) is 6.69. The van der Waals surface area contributed by atoms with Crippen LogP contribution in [-0.2, 0) is 0 Å². The molecule has 0 aliphatic carbocycles. The van der Waals surface area contributed by atoms with E-state index in [9.17, 15) is 0 Å². The van der Waals surface area contributed by atoms with Crippen molar-refractivity contribution < 1.29 is 0 Å². The van der Waals surface area contributed by atoms with Gasteiger partial charge in [-0.3, -0.25) is 10.4 Å². The number of fused-ring (bicyclic) bond motifs is 1. The van der Waals surface area contributed by atoms with Gasteiger partial charge in [-0.15, -0.1) is 0 Å². The average Bonchev–Trinajstić information content (AvgIpc) is 2.72. The van der Waals surface area contributed by atoms with Gasteiger partial charge in [0.1, 0.15) is 5.04 Å².